The molecule has 0 saturated carbocycles. The number of rotatable bonds is 9. The molecule has 1 amide bonds. The Bertz CT molecular complexity index is 1220. The molecule has 0 atom stereocenters. The fourth-order valence-corrected chi connectivity index (χ4v) is 4.45. The summed E-state index contributed by atoms with van der Waals surface area (Å²) in [5.74, 6) is 0.358. The van der Waals surface area contributed by atoms with Crippen LogP contribution in [0.3, 0.4) is 0 Å². The first-order chi connectivity index (χ1) is 15.3. The maximum Gasteiger partial charge on any atom is 0.263 e. The number of methoxy groups -OCH3 is 1. The molecule has 3 aromatic rings. The number of anilines is 1. The monoisotopic (exact) mass is 475 g/mol. The lowest BCUT2D eigenvalue weighted by Crippen LogP contribution is -2.23. The number of pyridine rings is 1. The fourth-order valence-electron chi connectivity index (χ4n) is 2.85. The highest BCUT2D eigenvalue weighted by Gasteiger charge is 2.21. The Morgan fingerprint density at radius 1 is 1.12 bits per heavy atom. The number of hydrogen-bond acceptors (Lipinski definition) is 6. The third kappa shape index (κ3) is 5.68. The Kier molecular flexibility index (Phi) is 7.55. The second-order valence-electron chi connectivity index (χ2n) is 6.57. The molecule has 0 radical (unpaired) electrons. The summed E-state index contributed by atoms with van der Waals surface area (Å²) in [5, 5.41) is 2.74. The summed E-state index contributed by atoms with van der Waals surface area (Å²) >= 11 is 6.14. The minimum Gasteiger partial charge on any atom is -0.495 e. The number of nitrogens with zero attached hydrogens (tertiary/aromatic N) is 1. The molecule has 0 spiro atoms. The van der Waals surface area contributed by atoms with Crippen LogP contribution >= 0.6 is 11.6 Å². The molecular weight excluding hydrogens is 454 g/mol. The molecule has 1 aromatic heterocycles. The second-order valence-corrected chi connectivity index (χ2v) is 8.63. The lowest BCUT2D eigenvalue weighted by molar-refractivity contribution is 0.0950. The van der Waals surface area contributed by atoms with Crippen molar-refractivity contribution in [3.63, 3.8) is 0 Å². The third-order valence-corrected chi connectivity index (χ3v) is 6.23. The van der Waals surface area contributed by atoms with Crippen LogP contribution in [0.25, 0.3) is 0 Å². The van der Waals surface area contributed by atoms with E-state index in [0.29, 0.717) is 18.2 Å². The van der Waals surface area contributed by atoms with Crippen LogP contribution in [0.4, 0.5) is 5.69 Å². The zero-order chi connectivity index (χ0) is 23.1. The van der Waals surface area contributed by atoms with Gasteiger partial charge in [-0.15, -0.1) is 0 Å². The van der Waals surface area contributed by atoms with Gasteiger partial charge < -0.3 is 14.8 Å². The van der Waals surface area contributed by atoms with Gasteiger partial charge in [0.25, 0.3) is 15.9 Å². The summed E-state index contributed by atoms with van der Waals surface area (Å²) < 4.78 is 38.9. The van der Waals surface area contributed by atoms with Gasteiger partial charge in [-0.1, -0.05) is 23.7 Å². The van der Waals surface area contributed by atoms with Crippen LogP contribution in [0.15, 0.2) is 65.7 Å². The van der Waals surface area contributed by atoms with E-state index in [1.165, 1.54) is 25.3 Å². The number of carbonyl (C=O) groups is 1. The van der Waals surface area contributed by atoms with Gasteiger partial charge in [-0.05, 0) is 48.9 Å². The molecule has 0 aliphatic rings. The summed E-state index contributed by atoms with van der Waals surface area (Å²) in [7, 11) is -2.64. The number of halogens is 1. The van der Waals surface area contributed by atoms with Crippen LogP contribution in [0.5, 0.6) is 11.6 Å². The largest absolute Gasteiger partial charge is 0.495 e. The summed E-state index contributed by atoms with van der Waals surface area (Å²) in [6.45, 7) is 2.55. The van der Waals surface area contributed by atoms with Gasteiger partial charge in [0.1, 0.15) is 10.6 Å². The maximum atomic E-state index is 12.9. The number of hydrogen-bond donors (Lipinski definition) is 2. The van der Waals surface area contributed by atoms with Crippen molar-refractivity contribution in [3.8, 4) is 11.6 Å². The van der Waals surface area contributed by atoms with Crippen molar-refractivity contribution in [2.24, 2.45) is 0 Å². The normalized spacial score (nSPS) is 11.0. The molecule has 0 unspecified atom stereocenters. The first-order valence-electron chi connectivity index (χ1n) is 9.65. The van der Waals surface area contributed by atoms with E-state index in [1.807, 2.05) is 6.92 Å². The lowest BCUT2D eigenvalue weighted by atomic mass is 10.2. The van der Waals surface area contributed by atoms with Crippen LogP contribution in [-0.4, -0.2) is 33.0 Å². The summed E-state index contributed by atoms with van der Waals surface area (Å²) in [6.07, 6.45) is 1.59. The van der Waals surface area contributed by atoms with Crippen molar-refractivity contribution in [3.05, 3.63) is 76.9 Å². The topological polar surface area (TPSA) is 107 Å². The summed E-state index contributed by atoms with van der Waals surface area (Å²) in [4.78, 5) is 16.5. The van der Waals surface area contributed by atoms with Crippen LogP contribution in [0.1, 0.15) is 22.8 Å². The Morgan fingerprint density at radius 3 is 2.66 bits per heavy atom. The van der Waals surface area contributed by atoms with Crippen molar-refractivity contribution < 1.29 is 22.7 Å². The molecule has 0 fully saturated rings. The molecule has 2 aromatic carbocycles. The minimum absolute atomic E-state index is 0.0144. The van der Waals surface area contributed by atoms with Crippen molar-refractivity contribution >= 4 is 33.2 Å². The Morgan fingerprint density at radius 2 is 1.91 bits per heavy atom. The fraction of sp³-hybridized carbons (Fsp3) is 0.182. The molecule has 8 nitrogen and oxygen atoms in total. The predicted octanol–water partition coefficient (Wildman–Crippen LogP) is 3.87. The highest BCUT2D eigenvalue weighted by Crippen LogP contribution is 2.29. The van der Waals surface area contributed by atoms with E-state index in [9.17, 15) is 13.2 Å². The number of aromatic nitrogens is 1. The van der Waals surface area contributed by atoms with Gasteiger partial charge >= 0.3 is 0 Å². The van der Waals surface area contributed by atoms with Gasteiger partial charge in [-0.3, -0.25) is 9.52 Å². The molecule has 0 aliphatic carbocycles. The lowest BCUT2D eigenvalue weighted by Gasteiger charge is -2.13. The predicted molar refractivity (Wildman–Crippen MR) is 122 cm³/mol. The van der Waals surface area contributed by atoms with E-state index in [1.54, 1.807) is 42.6 Å². The first-order valence-corrected chi connectivity index (χ1v) is 11.5. The molecule has 1 heterocycles. The zero-order valence-corrected chi connectivity index (χ0v) is 19.0. The van der Waals surface area contributed by atoms with Gasteiger partial charge in [0.2, 0.25) is 5.88 Å². The van der Waals surface area contributed by atoms with Crippen LogP contribution in [0, 0.1) is 0 Å². The number of benzene rings is 2. The van der Waals surface area contributed by atoms with Gasteiger partial charge in [0.15, 0.2) is 0 Å². The van der Waals surface area contributed by atoms with Gasteiger partial charge in [0.05, 0.1) is 24.4 Å². The maximum absolute atomic E-state index is 12.9. The molecule has 2 N–H and O–H groups in total. The number of ether oxygens (including phenoxy) is 2. The molecule has 0 aliphatic heterocycles. The zero-order valence-electron chi connectivity index (χ0n) is 17.5. The van der Waals surface area contributed by atoms with Gasteiger partial charge in [-0.25, -0.2) is 13.4 Å². The minimum atomic E-state index is -4.08. The molecule has 0 bridgehead atoms. The average molecular weight is 476 g/mol. The Labute approximate surface area is 191 Å². The van der Waals surface area contributed by atoms with E-state index in [4.69, 9.17) is 21.1 Å². The summed E-state index contributed by atoms with van der Waals surface area (Å²) in [6, 6.07) is 14.1. The molecule has 10 heteroatoms. The second kappa shape index (κ2) is 10.3. The SMILES string of the molecule is CCOc1cc(CNC(=O)c2ccc(Cl)c(S(=O)(=O)Nc3ccccc3OC)c2)ccn1. The van der Waals surface area contributed by atoms with Crippen molar-refractivity contribution in [2.75, 3.05) is 18.4 Å². The van der Waals surface area contributed by atoms with Crippen molar-refractivity contribution in [1.82, 2.24) is 10.3 Å². The summed E-state index contributed by atoms with van der Waals surface area (Å²) in [5.41, 5.74) is 1.19. The number of para-hydroxylation sites is 2. The van der Waals surface area contributed by atoms with Gasteiger partial charge in [-0.2, -0.15) is 0 Å². The third-order valence-electron chi connectivity index (χ3n) is 4.38. The average Bonchev–Trinajstić information content (AvgIpc) is 2.78. The molecule has 32 heavy (non-hydrogen) atoms. The van der Waals surface area contributed by atoms with E-state index in [0.717, 1.165) is 5.56 Å². The highest BCUT2D eigenvalue weighted by atomic mass is 35.5. The number of sulfonamides is 1. The van der Waals surface area contributed by atoms with Crippen LogP contribution < -0.4 is 19.5 Å². The first kappa shape index (κ1) is 23.4. The van der Waals surface area contributed by atoms with E-state index in [-0.39, 0.29) is 27.7 Å². The van der Waals surface area contributed by atoms with Gasteiger partial charge in [0, 0.05) is 24.4 Å². The van der Waals surface area contributed by atoms with E-state index >= 15 is 0 Å². The Balaban J connectivity index is 1.78. The van der Waals surface area contributed by atoms with E-state index in [2.05, 4.69) is 15.0 Å². The smallest absolute Gasteiger partial charge is 0.263 e. The molecular formula is C22H22ClN3O5S. The van der Waals surface area contributed by atoms with Crippen LogP contribution in [0.2, 0.25) is 5.02 Å². The van der Waals surface area contributed by atoms with E-state index < -0.39 is 15.9 Å². The standard InChI is InChI=1S/C22H22ClN3O5S/c1-3-31-21-12-15(10-11-24-21)14-25-22(27)16-8-9-17(23)20(13-16)32(28,29)26-18-6-4-5-7-19(18)30-2/h4-13,26H,3,14H2,1-2H3,(H,25,27). The molecule has 0 saturated heterocycles. The molecule has 3 rings (SSSR count). The molecule has 168 valence electrons. The van der Waals surface area contributed by atoms with Crippen LogP contribution in [-0.2, 0) is 16.6 Å². The number of nitrogens with one attached hydrogen (secondary N) is 2. The number of amides is 1. The number of carbonyl (C=O) groups excluding carboxylic acids is 1. The Hall–Kier alpha value is -3.30. The van der Waals surface area contributed by atoms with Crippen molar-refractivity contribution in [2.45, 2.75) is 18.4 Å². The van der Waals surface area contributed by atoms with Crippen molar-refractivity contribution in [1.29, 1.82) is 0 Å². The quantitative estimate of drug-likeness (QED) is 0.486. The highest BCUT2D eigenvalue weighted by molar-refractivity contribution is 7.92.